The van der Waals surface area contributed by atoms with Gasteiger partial charge in [-0.15, -0.1) is 12.6 Å². The van der Waals surface area contributed by atoms with E-state index in [-0.39, 0.29) is 0 Å². The van der Waals surface area contributed by atoms with Crippen LogP contribution in [0.4, 0.5) is 5.82 Å². The second kappa shape index (κ2) is 6.34. The van der Waals surface area contributed by atoms with Crippen molar-refractivity contribution in [2.24, 2.45) is 5.73 Å². The number of nitrogens with zero attached hydrogens (tertiary/aromatic N) is 1. The Morgan fingerprint density at radius 2 is 2.17 bits per heavy atom. The molecule has 0 spiro atoms. The predicted molar refractivity (Wildman–Crippen MR) is 80.9 cm³/mol. The minimum Gasteiger partial charge on any atom is -0.398 e. The molecule has 0 aromatic carbocycles. The zero-order valence-electron chi connectivity index (χ0n) is 10.2. The quantitative estimate of drug-likeness (QED) is 0.742. The number of pyridine rings is 1. The van der Waals surface area contributed by atoms with Crippen LogP contribution in [-0.4, -0.2) is 11.0 Å². The SMILES string of the molecule is N/C(=C\S)c1cc(NC2CCCCC2)ncc1Cl. The van der Waals surface area contributed by atoms with Crippen molar-refractivity contribution in [3.05, 3.63) is 28.3 Å². The maximum atomic E-state index is 6.07. The van der Waals surface area contributed by atoms with Crippen LogP contribution in [0.3, 0.4) is 0 Å². The Bertz CT molecular complexity index is 442. The molecule has 0 bridgehead atoms. The Kier molecular flexibility index (Phi) is 4.78. The van der Waals surface area contributed by atoms with E-state index in [1.54, 1.807) is 11.6 Å². The highest BCUT2D eigenvalue weighted by Crippen LogP contribution is 2.25. The maximum absolute atomic E-state index is 6.07. The van der Waals surface area contributed by atoms with Crippen LogP contribution in [0, 0.1) is 0 Å². The molecule has 3 nitrogen and oxygen atoms in total. The molecular weight excluding hydrogens is 266 g/mol. The lowest BCUT2D eigenvalue weighted by Crippen LogP contribution is -2.22. The zero-order chi connectivity index (χ0) is 13.0. The third-order valence-electron chi connectivity index (χ3n) is 3.26. The fourth-order valence-corrected chi connectivity index (χ4v) is 2.62. The van der Waals surface area contributed by atoms with Crippen LogP contribution in [0.1, 0.15) is 37.7 Å². The van der Waals surface area contributed by atoms with Crippen molar-refractivity contribution in [3.63, 3.8) is 0 Å². The topological polar surface area (TPSA) is 50.9 Å². The Balaban J connectivity index is 2.13. The largest absolute Gasteiger partial charge is 0.398 e. The van der Waals surface area contributed by atoms with Gasteiger partial charge in [-0.3, -0.25) is 0 Å². The van der Waals surface area contributed by atoms with Crippen molar-refractivity contribution in [1.29, 1.82) is 0 Å². The number of nitrogens with one attached hydrogen (secondary N) is 1. The number of halogens is 1. The van der Waals surface area contributed by atoms with Crippen LogP contribution in [0.15, 0.2) is 17.7 Å². The monoisotopic (exact) mass is 283 g/mol. The van der Waals surface area contributed by atoms with E-state index in [0.717, 1.165) is 11.4 Å². The summed E-state index contributed by atoms with van der Waals surface area (Å²) in [5.41, 5.74) is 7.17. The predicted octanol–water partition coefficient (Wildman–Crippen LogP) is 3.67. The van der Waals surface area contributed by atoms with Crippen molar-refractivity contribution in [3.8, 4) is 0 Å². The van der Waals surface area contributed by atoms with Crippen LogP contribution in [0.25, 0.3) is 5.70 Å². The minimum absolute atomic E-state index is 0.515. The summed E-state index contributed by atoms with van der Waals surface area (Å²) in [4.78, 5) is 4.30. The first-order valence-electron chi connectivity index (χ1n) is 6.23. The molecule has 0 atom stereocenters. The van der Waals surface area contributed by atoms with Gasteiger partial charge in [-0.25, -0.2) is 4.98 Å². The van der Waals surface area contributed by atoms with E-state index in [4.69, 9.17) is 17.3 Å². The third-order valence-corrected chi connectivity index (χ3v) is 3.84. The number of hydrogen-bond donors (Lipinski definition) is 3. The van der Waals surface area contributed by atoms with E-state index in [9.17, 15) is 0 Å². The molecule has 1 heterocycles. The highest BCUT2D eigenvalue weighted by atomic mass is 35.5. The summed E-state index contributed by atoms with van der Waals surface area (Å²) in [6.07, 6.45) is 7.96. The lowest BCUT2D eigenvalue weighted by atomic mass is 9.95. The second-order valence-corrected chi connectivity index (χ2v) is 5.28. The van der Waals surface area contributed by atoms with Crippen molar-refractivity contribution < 1.29 is 0 Å². The fraction of sp³-hybridized carbons (Fsp3) is 0.462. The lowest BCUT2D eigenvalue weighted by Gasteiger charge is -2.23. The highest BCUT2D eigenvalue weighted by Gasteiger charge is 2.14. The number of nitrogens with two attached hydrogens (primary N) is 1. The third kappa shape index (κ3) is 3.33. The molecule has 1 fully saturated rings. The van der Waals surface area contributed by atoms with Gasteiger partial charge in [0.15, 0.2) is 0 Å². The van der Waals surface area contributed by atoms with E-state index in [0.29, 0.717) is 16.8 Å². The Hall–Kier alpha value is -0.870. The minimum atomic E-state index is 0.515. The van der Waals surface area contributed by atoms with Crippen LogP contribution < -0.4 is 11.1 Å². The van der Waals surface area contributed by atoms with Crippen molar-refractivity contribution >= 4 is 35.7 Å². The molecule has 1 aromatic heterocycles. The van der Waals surface area contributed by atoms with Crippen molar-refractivity contribution in [1.82, 2.24) is 4.98 Å². The summed E-state index contributed by atoms with van der Waals surface area (Å²) in [6, 6.07) is 2.40. The molecule has 1 saturated carbocycles. The summed E-state index contributed by atoms with van der Waals surface area (Å²) >= 11 is 10.1. The lowest BCUT2D eigenvalue weighted by molar-refractivity contribution is 0.462. The molecule has 0 amide bonds. The average molecular weight is 284 g/mol. The molecule has 5 heteroatoms. The summed E-state index contributed by atoms with van der Waals surface area (Å²) in [6.45, 7) is 0. The zero-order valence-corrected chi connectivity index (χ0v) is 11.8. The number of thiol groups is 1. The van der Waals surface area contributed by atoms with Gasteiger partial charge in [-0.1, -0.05) is 30.9 Å². The molecule has 2 rings (SSSR count). The van der Waals surface area contributed by atoms with Crippen LogP contribution >= 0.6 is 24.2 Å². The first-order chi connectivity index (χ1) is 8.70. The number of aromatic nitrogens is 1. The van der Waals surface area contributed by atoms with E-state index in [1.165, 1.54) is 32.1 Å². The molecule has 3 N–H and O–H groups in total. The molecule has 1 aromatic rings. The standard InChI is InChI=1S/C13H18ClN3S/c14-11-7-16-13(6-10(11)12(15)8-18)17-9-4-2-1-3-5-9/h6-9,18H,1-5,15H2,(H,16,17)/b12-8-. The maximum Gasteiger partial charge on any atom is 0.126 e. The second-order valence-electron chi connectivity index (χ2n) is 4.61. The Morgan fingerprint density at radius 1 is 1.44 bits per heavy atom. The first kappa shape index (κ1) is 13.6. The molecule has 0 saturated heterocycles. The van der Waals surface area contributed by atoms with Crippen LogP contribution in [0.5, 0.6) is 0 Å². The normalized spacial score (nSPS) is 17.8. The molecule has 18 heavy (non-hydrogen) atoms. The van der Waals surface area contributed by atoms with Gasteiger partial charge in [0.1, 0.15) is 5.82 Å². The van der Waals surface area contributed by atoms with E-state index >= 15 is 0 Å². The molecule has 98 valence electrons. The summed E-state index contributed by atoms with van der Waals surface area (Å²) in [7, 11) is 0. The van der Waals surface area contributed by atoms with Crippen molar-refractivity contribution in [2.45, 2.75) is 38.1 Å². The van der Waals surface area contributed by atoms with Crippen molar-refractivity contribution in [2.75, 3.05) is 5.32 Å². The first-order valence-corrected chi connectivity index (χ1v) is 7.12. The van der Waals surface area contributed by atoms with E-state index in [1.807, 2.05) is 6.07 Å². The van der Waals surface area contributed by atoms with Gasteiger partial charge in [0.2, 0.25) is 0 Å². The van der Waals surface area contributed by atoms with Gasteiger partial charge >= 0.3 is 0 Å². The number of anilines is 1. The summed E-state index contributed by atoms with van der Waals surface area (Å²) in [5, 5.41) is 5.55. The van der Waals surface area contributed by atoms with Crippen LogP contribution in [-0.2, 0) is 0 Å². The molecule has 0 radical (unpaired) electrons. The van der Waals surface area contributed by atoms with Gasteiger partial charge in [-0.2, -0.15) is 0 Å². The smallest absolute Gasteiger partial charge is 0.126 e. The summed E-state index contributed by atoms with van der Waals surface area (Å²) < 4.78 is 0. The fourth-order valence-electron chi connectivity index (χ4n) is 2.26. The Labute approximate surface area is 118 Å². The van der Waals surface area contributed by atoms with Crippen LogP contribution in [0.2, 0.25) is 5.02 Å². The molecule has 1 aliphatic rings. The molecule has 0 aliphatic heterocycles. The highest BCUT2D eigenvalue weighted by molar-refractivity contribution is 7.83. The molecule has 0 unspecified atom stereocenters. The number of hydrogen-bond acceptors (Lipinski definition) is 4. The Morgan fingerprint density at radius 3 is 2.83 bits per heavy atom. The van der Waals surface area contributed by atoms with Gasteiger partial charge in [0, 0.05) is 23.5 Å². The molecule has 1 aliphatic carbocycles. The van der Waals surface area contributed by atoms with E-state index < -0.39 is 0 Å². The van der Waals surface area contributed by atoms with E-state index in [2.05, 4.69) is 22.9 Å². The van der Waals surface area contributed by atoms with Gasteiger partial charge in [0.25, 0.3) is 0 Å². The average Bonchev–Trinajstić information content (AvgIpc) is 2.41. The summed E-state index contributed by atoms with van der Waals surface area (Å²) in [5.74, 6) is 0.833. The number of rotatable bonds is 3. The van der Waals surface area contributed by atoms with Gasteiger partial charge in [-0.05, 0) is 24.3 Å². The van der Waals surface area contributed by atoms with Gasteiger partial charge < -0.3 is 11.1 Å². The van der Waals surface area contributed by atoms with Gasteiger partial charge in [0.05, 0.1) is 5.02 Å². The molecular formula is C13H18ClN3S.